The standard InChI is InChI=1S/C9H7ClO3S/c10-7-4-2-1-3-6(7)5-8(14-13)9(11)12/h1-4H,5H2,(H,11,12). The molecule has 0 amide bonds. The molecule has 0 saturated carbocycles. The maximum Gasteiger partial charge on any atom is 0.345 e. The van der Waals surface area contributed by atoms with E-state index in [1.165, 1.54) is 0 Å². The molecule has 0 heterocycles. The van der Waals surface area contributed by atoms with Gasteiger partial charge in [0.25, 0.3) is 0 Å². The predicted molar refractivity (Wildman–Crippen MR) is 55.9 cm³/mol. The number of hydrogen-bond donors (Lipinski definition) is 1. The summed E-state index contributed by atoms with van der Waals surface area (Å²) in [4.78, 5) is 10.4. The van der Waals surface area contributed by atoms with E-state index in [0.29, 0.717) is 10.6 Å². The summed E-state index contributed by atoms with van der Waals surface area (Å²) in [6, 6.07) is 6.85. The van der Waals surface area contributed by atoms with E-state index in [1.807, 2.05) is 0 Å². The highest BCUT2D eigenvalue weighted by Gasteiger charge is 2.11. The van der Waals surface area contributed by atoms with Gasteiger partial charge >= 0.3 is 5.97 Å². The molecule has 0 aromatic heterocycles. The molecular weight excluding hydrogens is 224 g/mol. The Morgan fingerprint density at radius 2 is 2.07 bits per heavy atom. The van der Waals surface area contributed by atoms with Crippen LogP contribution in [0.5, 0.6) is 0 Å². The van der Waals surface area contributed by atoms with E-state index in [1.54, 1.807) is 24.3 Å². The highest BCUT2D eigenvalue weighted by atomic mass is 35.5. The zero-order valence-electron chi connectivity index (χ0n) is 7.07. The summed E-state index contributed by atoms with van der Waals surface area (Å²) < 4.78 is 10.4. The number of rotatable bonds is 3. The van der Waals surface area contributed by atoms with E-state index in [-0.39, 0.29) is 22.5 Å². The summed E-state index contributed by atoms with van der Waals surface area (Å²) in [5.74, 6) is -1.19. The van der Waals surface area contributed by atoms with Gasteiger partial charge in [-0.15, -0.1) is 0 Å². The normalized spacial score (nSPS) is 9.50. The first kappa shape index (κ1) is 10.9. The Hall–Kier alpha value is -1.13. The Morgan fingerprint density at radius 1 is 1.43 bits per heavy atom. The number of halogens is 1. The van der Waals surface area contributed by atoms with Crippen molar-refractivity contribution < 1.29 is 14.1 Å². The van der Waals surface area contributed by atoms with Gasteiger partial charge in [0, 0.05) is 11.4 Å². The number of carboxylic acids is 1. The first-order chi connectivity index (χ1) is 6.65. The molecule has 0 aliphatic rings. The Bertz CT molecular complexity index is 410. The molecule has 0 spiro atoms. The molecule has 0 aliphatic heterocycles. The van der Waals surface area contributed by atoms with Crippen molar-refractivity contribution in [1.29, 1.82) is 0 Å². The Balaban J connectivity index is 2.94. The fraction of sp³-hybridized carbons (Fsp3) is 0.111. The Kier molecular flexibility index (Phi) is 3.85. The quantitative estimate of drug-likeness (QED) is 0.798. The van der Waals surface area contributed by atoms with Crippen molar-refractivity contribution >= 4 is 33.7 Å². The van der Waals surface area contributed by atoms with Crippen LogP contribution in [0.15, 0.2) is 24.3 Å². The number of carboxylic acid groups (broad SMARTS) is 1. The maximum absolute atomic E-state index is 10.5. The van der Waals surface area contributed by atoms with Crippen LogP contribution in [0.1, 0.15) is 5.56 Å². The molecule has 1 N–H and O–H groups in total. The second kappa shape index (κ2) is 4.93. The van der Waals surface area contributed by atoms with Crippen LogP contribution in [-0.4, -0.2) is 20.1 Å². The lowest BCUT2D eigenvalue weighted by molar-refractivity contribution is -0.129. The highest BCUT2D eigenvalue weighted by molar-refractivity contribution is 7.68. The topological polar surface area (TPSA) is 54.4 Å². The molecule has 0 fully saturated rings. The second-order valence-corrected chi connectivity index (χ2v) is 3.65. The van der Waals surface area contributed by atoms with Crippen molar-refractivity contribution in [2.75, 3.05) is 0 Å². The smallest absolute Gasteiger partial charge is 0.345 e. The fourth-order valence-corrected chi connectivity index (χ4v) is 1.44. The van der Waals surface area contributed by atoms with E-state index in [9.17, 15) is 9.00 Å². The third-order valence-electron chi connectivity index (χ3n) is 1.65. The van der Waals surface area contributed by atoms with Crippen LogP contribution in [0.25, 0.3) is 0 Å². The maximum atomic E-state index is 10.5. The van der Waals surface area contributed by atoms with Gasteiger partial charge in [-0.3, -0.25) is 0 Å². The van der Waals surface area contributed by atoms with Gasteiger partial charge in [-0.25, -0.2) is 9.00 Å². The summed E-state index contributed by atoms with van der Waals surface area (Å²) in [5.41, 5.74) is 0.648. The van der Waals surface area contributed by atoms with Gasteiger partial charge in [0.2, 0.25) is 0 Å². The molecule has 0 atom stereocenters. The van der Waals surface area contributed by atoms with E-state index >= 15 is 0 Å². The molecule has 3 nitrogen and oxygen atoms in total. The number of benzene rings is 1. The SMILES string of the molecule is O=S=C(Cc1ccccc1Cl)C(=O)O. The first-order valence-electron chi connectivity index (χ1n) is 3.77. The van der Waals surface area contributed by atoms with Gasteiger partial charge in [-0.2, -0.15) is 0 Å². The number of hydrogen-bond acceptors (Lipinski definition) is 2. The summed E-state index contributed by atoms with van der Waals surface area (Å²) in [6.45, 7) is 0. The van der Waals surface area contributed by atoms with Crippen LogP contribution in [-0.2, 0) is 22.5 Å². The molecule has 5 heteroatoms. The van der Waals surface area contributed by atoms with Crippen molar-refractivity contribution in [3.63, 3.8) is 0 Å². The molecule has 0 aliphatic carbocycles. The molecule has 1 aromatic carbocycles. The monoisotopic (exact) mass is 230 g/mol. The second-order valence-electron chi connectivity index (χ2n) is 2.58. The molecule has 1 aromatic rings. The van der Waals surface area contributed by atoms with Crippen molar-refractivity contribution in [3.8, 4) is 0 Å². The lowest BCUT2D eigenvalue weighted by atomic mass is 10.1. The van der Waals surface area contributed by atoms with Gasteiger partial charge in [0.05, 0.1) is 0 Å². The third kappa shape index (κ3) is 2.68. The third-order valence-corrected chi connectivity index (χ3v) is 2.54. The molecule has 0 radical (unpaired) electrons. The number of aliphatic carboxylic acids is 1. The zero-order chi connectivity index (χ0) is 10.6. The van der Waals surface area contributed by atoms with E-state index in [2.05, 4.69) is 0 Å². The number of carbonyl (C=O) groups is 1. The van der Waals surface area contributed by atoms with Crippen molar-refractivity contribution in [3.05, 3.63) is 34.9 Å². The molecular formula is C9H7ClO3S. The summed E-state index contributed by atoms with van der Waals surface area (Å²) >= 11 is 5.80. The first-order valence-corrected chi connectivity index (χ1v) is 4.89. The minimum atomic E-state index is -1.19. The van der Waals surface area contributed by atoms with E-state index in [0.717, 1.165) is 0 Å². The van der Waals surface area contributed by atoms with Gasteiger partial charge in [0.15, 0.2) is 0 Å². The van der Waals surface area contributed by atoms with Gasteiger partial charge in [-0.1, -0.05) is 29.8 Å². The molecule has 0 saturated heterocycles. The summed E-state index contributed by atoms with van der Waals surface area (Å²) in [5, 5.41) is 9.10. The van der Waals surface area contributed by atoms with Gasteiger partial charge < -0.3 is 5.11 Å². The predicted octanol–water partition coefficient (Wildman–Crippen LogP) is 1.35. The van der Waals surface area contributed by atoms with Gasteiger partial charge in [0.1, 0.15) is 16.1 Å². The minimum absolute atomic E-state index is 0.00996. The Labute approximate surface area is 89.4 Å². The average molecular weight is 231 g/mol. The van der Waals surface area contributed by atoms with Crippen LogP contribution >= 0.6 is 11.6 Å². The summed E-state index contributed by atoms with van der Waals surface area (Å²) in [6.07, 6.45) is 0.0726. The van der Waals surface area contributed by atoms with Crippen LogP contribution in [0.4, 0.5) is 0 Å². The van der Waals surface area contributed by atoms with Crippen LogP contribution < -0.4 is 0 Å². The largest absolute Gasteiger partial charge is 0.477 e. The molecule has 0 bridgehead atoms. The van der Waals surface area contributed by atoms with Crippen LogP contribution in [0, 0.1) is 0 Å². The van der Waals surface area contributed by atoms with Crippen molar-refractivity contribution in [2.24, 2.45) is 0 Å². The molecule has 14 heavy (non-hydrogen) atoms. The summed E-state index contributed by atoms with van der Waals surface area (Å²) in [7, 11) is 0. The fourth-order valence-electron chi connectivity index (χ4n) is 0.955. The zero-order valence-corrected chi connectivity index (χ0v) is 8.64. The highest BCUT2D eigenvalue weighted by Crippen LogP contribution is 2.15. The van der Waals surface area contributed by atoms with Crippen molar-refractivity contribution in [2.45, 2.75) is 6.42 Å². The van der Waals surface area contributed by atoms with Crippen molar-refractivity contribution in [1.82, 2.24) is 0 Å². The molecule has 74 valence electrons. The van der Waals surface area contributed by atoms with Crippen LogP contribution in [0.3, 0.4) is 0 Å². The average Bonchev–Trinajstić information content (AvgIpc) is 2.16. The van der Waals surface area contributed by atoms with E-state index < -0.39 is 5.97 Å². The molecule has 1 rings (SSSR count). The lowest BCUT2D eigenvalue weighted by Gasteiger charge is -2.01. The van der Waals surface area contributed by atoms with Crippen LogP contribution in [0.2, 0.25) is 5.02 Å². The minimum Gasteiger partial charge on any atom is -0.477 e. The van der Waals surface area contributed by atoms with E-state index in [4.69, 9.17) is 16.7 Å². The lowest BCUT2D eigenvalue weighted by Crippen LogP contribution is -2.15. The molecule has 0 unspecified atom stereocenters. The Morgan fingerprint density at radius 3 is 2.57 bits per heavy atom. The van der Waals surface area contributed by atoms with Gasteiger partial charge in [-0.05, 0) is 11.6 Å².